The number of hydrogen-bond donors (Lipinski definition) is 6. The minimum atomic E-state index is -0.723. The Morgan fingerprint density at radius 2 is 1.74 bits per heavy atom. The highest BCUT2D eigenvalue weighted by Gasteiger charge is 2.21. The van der Waals surface area contributed by atoms with E-state index in [0.29, 0.717) is 25.1 Å². The van der Waals surface area contributed by atoms with E-state index in [1.54, 1.807) is 6.92 Å². The number of amides is 3. The molecule has 134 valence electrons. The minimum Gasteiger partial charge on any atom is -0.370 e. The van der Waals surface area contributed by atoms with E-state index >= 15 is 0 Å². The molecule has 0 aliphatic heterocycles. The highest BCUT2D eigenvalue weighted by atomic mass is 32.1. The fourth-order valence-corrected chi connectivity index (χ4v) is 2.15. The van der Waals surface area contributed by atoms with Gasteiger partial charge in [0.25, 0.3) is 0 Å². The largest absolute Gasteiger partial charge is 0.370 e. The van der Waals surface area contributed by atoms with Gasteiger partial charge in [0, 0.05) is 18.2 Å². The summed E-state index contributed by atoms with van der Waals surface area (Å²) in [6.45, 7) is 2.13. The molecule has 0 aliphatic carbocycles. The molecule has 0 aromatic carbocycles. The van der Waals surface area contributed by atoms with Gasteiger partial charge in [0.1, 0.15) is 6.04 Å². The topological polar surface area (TPSA) is 153 Å². The Balaban J connectivity index is 4.26. The van der Waals surface area contributed by atoms with Crippen molar-refractivity contribution in [3.8, 4) is 0 Å². The van der Waals surface area contributed by atoms with Gasteiger partial charge < -0.3 is 27.8 Å². The van der Waals surface area contributed by atoms with Crippen LogP contribution in [0, 0.1) is 0 Å². The first-order valence-electron chi connectivity index (χ1n) is 7.77. The molecular weight excluding hydrogens is 318 g/mol. The van der Waals surface area contributed by atoms with Crippen molar-refractivity contribution < 1.29 is 14.4 Å². The summed E-state index contributed by atoms with van der Waals surface area (Å²) in [6.07, 6.45) is 2.67. The first kappa shape index (κ1) is 21.7. The summed E-state index contributed by atoms with van der Waals surface area (Å²) in [7, 11) is 0. The number of nitrogens with two attached hydrogens (primary N) is 3. The van der Waals surface area contributed by atoms with E-state index in [1.807, 2.05) is 0 Å². The number of primary amides is 1. The molecule has 0 aromatic heterocycles. The molecule has 9 heteroatoms. The van der Waals surface area contributed by atoms with Crippen LogP contribution in [-0.2, 0) is 14.4 Å². The molecule has 23 heavy (non-hydrogen) atoms. The summed E-state index contributed by atoms with van der Waals surface area (Å²) in [4.78, 5) is 34.7. The van der Waals surface area contributed by atoms with Crippen LogP contribution in [0.1, 0.15) is 39.0 Å². The lowest BCUT2D eigenvalue weighted by atomic mass is 10.1. The fourth-order valence-electron chi connectivity index (χ4n) is 1.88. The smallest absolute Gasteiger partial charge is 0.242 e. The summed E-state index contributed by atoms with van der Waals surface area (Å²) in [5.41, 5.74) is 16.2. The van der Waals surface area contributed by atoms with E-state index in [2.05, 4.69) is 23.3 Å². The van der Waals surface area contributed by atoms with Crippen LogP contribution in [-0.4, -0.2) is 48.1 Å². The fraction of sp³-hybridized carbons (Fsp3) is 0.786. The SMILES string of the molecule is C[C@H](NC(=O)[C@@H](N)CCCCN)C(=O)N[C@H](CS)CCC(N)=O. The summed E-state index contributed by atoms with van der Waals surface area (Å²) in [6, 6.07) is -1.66. The van der Waals surface area contributed by atoms with Gasteiger partial charge in [-0.2, -0.15) is 12.6 Å². The number of thiol groups is 1. The number of carbonyl (C=O) groups is 3. The number of rotatable bonds is 12. The predicted octanol–water partition coefficient (Wildman–Crippen LogP) is -1.37. The van der Waals surface area contributed by atoms with Crippen molar-refractivity contribution >= 4 is 30.4 Å². The van der Waals surface area contributed by atoms with Crippen LogP contribution in [0.5, 0.6) is 0 Å². The summed E-state index contributed by atoms with van der Waals surface area (Å²) >= 11 is 4.13. The third-order valence-electron chi connectivity index (χ3n) is 3.36. The van der Waals surface area contributed by atoms with E-state index in [1.165, 1.54) is 0 Å². The average Bonchev–Trinajstić information content (AvgIpc) is 2.50. The maximum absolute atomic E-state index is 12.0. The first-order valence-corrected chi connectivity index (χ1v) is 8.40. The maximum Gasteiger partial charge on any atom is 0.242 e. The molecule has 0 saturated heterocycles. The molecule has 3 atom stereocenters. The monoisotopic (exact) mass is 347 g/mol. The molecule has 0 saturated carbocycles. The van der Waals surface area contributed by atoms with Crippen LogP contribution in [0.2, 0.25) is 0 Å². The molecule has 0 aromatic rings. The van der Waals surface area contributed by atoms with Crippen molar-refractivity contribution in [1.82, 2.24) is 10.6 Å². The lowest BCUT2D eigenvalue weighted by Crippen LogP contribution is -2.52. The van der Waals surface area contributed by atoms with Crippen molar-refractivity contribution in [2.24, 2.45) is 17.2 Å². The molecule has 0 heterocycles. The minimum absolute atomic E-state index is 0.165. The third kappa shape index (κ3) is 10.1. The Morgan fingerprint density at radius 1 is 1.09 bits per heavy atom. The Bertz CT molecular complexity index is 395. The number of nitrogens with one attached hydrogen (secondary N) is 2. The molecule has 0 rings (SSSR count). The van der Waals surface area contributed by atoms with Gasteiger partial charge in [-0.05, 0) is 32.7 Å². The van der Waals surface area contributed by atoms with E-state index < -0.39 is 18.0 Å². The van der Waals surface area contributed by atoms with Gasteiger partial charge >= 0.3 is 0 Å². The molecule has 0 aliphatic rings. The molecular formula is C14H29N5O3S. The van der Waals surface area contributed by atoms with Crippen molar-refractivity contribution in [2.45, 2.75) is 57.2 Å². The van der Waals surface area contributed by atoms with Gasteiger partial charge in [-0.3, -0.25) is 14.4 Å². The van der Waals surface area contributed by atoms with Crippen LogP contribution < -0.4 is 27.8 Å². The van der Waals surface area contributed by atoms with E-state index in [0.717, 1.165) is 12.8 Å². The third-order valence-corrected chi connectivity index (χ3v) is 3.80. The van der Waals surface area contributed by atoms with Crippen LogP contribution in [0.4, 0.5) is 0 Å². The lowest BCUT2D eigenvalue weighted by molar-refractivity contribution is -0.129. The average molecular weight is 347 g/mol. The highest BCUT2D eigenvalue weighted by Crippen LogP contribution is 2.01. The van der Waals surface area contributed by atoms with Gasteiger partial charge in [0.05, 0.1) is 6.04 Å². The molecule has 0 radical (unpaired) electrons. The van der Waals surface area contributed by atoms with E-state index in [-0.39, 0.29) is 24.3 Å². The second-order valence-corrected chi connectivity index (χ2v) is 5.88. The molecule has 0 spiro atoms. The van der Waals surface area contributed by atoms with E-state index in [9.17, 15) is 14.4 Å². The number of hydrogen-bond acceptors (Lipinski definition) is 6. The second-order valence-electron chi connectivity index (χ2n) is 5.51. The zero-order valence-electron chi connectivity index (χ0n) is 13.6. The number of carbonyl (C=O) groups excluding carboxylic acids is 3. The van der Waals surface area contributed by atoms with E-state index in [4.69, 9.17) is 17.2 Å². The standard InChI is InChI=1S/C14H29N5O3S/c1-9(18-14(22)11(16)4-2-3-7-15)13(21)19-10(8-23)5-6-12(17)20/h9-11,23H,2-8,15-16H2,1H3,(H2,17,20)(H,18,22)(H,19,21)/t9-,10-,11-/m0/s1. The second kappa shape index (κ2) is 12.1. The zero-order valence-corrected chi connectivity index (χ0v) is 14.5. The van der Waals surface area contributed by atoms with Gasteiger partial charge in [-0.15, -0.1) is 0 Å². The van der Waals surface area contributed by atoms with Crippen molar-refractivity contribution in [3.05, 3.63) is 0 Å². The molecule has 0 bridgehead atoms. The summed E-state index contributed by atoms with van der Waals surface area (Å²) < 4.78 is 0. The normalized spacial score (nSPS) is 14.6. The molecule has 8 nitrogen and oxygen atoms in total. The first-order chi connectivity index (χ1) is 10.8. The summed E-state index contributed by atoms with van der Waals surface area (Å²) in [5, 5.41) is 5.30. The number of unbranched alkanes of at least 4 members (excludes halogenated alkanes) is 1. The van der Waals surface area contributed by atoms with Gasteiger partial charge in [0.15, 0.2) is 0 Å². The quantitative estimate of drug-likeness (QED) is 0.190. The van der Waals surface area contributed by atoms with Crippen molar-refractivity contribution in [3.63, 3.8) is 0 Å². The zero-order chi connectivity index (χ0) is 17.8. The Kier molecular flexibility index (Phi) is 11.4. The highest BCUT2D eigenvalue weighted by molar-refractivity contribution is 7.80. The van der Waals surface area contributed by atoms with Gasteiger partial charge in [-0.25, -0.2) is 0 Å². The van der Waals surface area contributed by atoms with Crippen LogP contribution in [0.3, 0.4) is 0 Å². The van der Waals surface area contributed by atoms with Crippen LogP contribution >= 0.6 is 12.6 Å². The maximum atomic E-state index is 12.0. The van der Waals surface area contributed by atoms with Crippen LogP contribution in [0.15, 0.2) is 0 Å². The lowest BCUT2D eigenvalue weighted by Gasteiger charge is -2.21. The molecule has 0 unspecified atom stereocenters. The predicted molar refractivity (Wildman–Crippen MR) is 92.7 cm³/mol. The van der Waals surface area contributed by atoms with Crippen LogP contribution in [0.25, 0.3) is 0 Å². The van der Waals surface area contributed by atoms with Crippen molar-refractivity contribution in [1.29, 1.82) is 0 Å². The van der Waals surface area contributed by atoms with Gasteiger partial charge in [-0.1, -0.05) is 6.42 Å². The Labute approximate surface area is 142 Å². The summed E-state index contributed by atoms with van der Waals surface area (Å²) in [5.74, 6) is -0.783. The van der Waals surface area contributed by atoms with Crippen molar-refractivity contribution in [2.75, 3.05) is 12.3 Å². The Hall–Kier alpha value is -1.32. The Morgan fingerprint density at radius 3 is 2.26 bits per heavy atom. The molecule has 0 fully saturated rings. The van der Waals surface area contributed by atoms with Gasteiger partial charge in [0.2, 0.25) is 17.7 Å². The molecule has 3 amide bonds. The molecule has 8 N–H and O–H groups in total.